The molecule has 2 aliphatic rings. The molecular formula is C13H21N3. The van der Waals surface area contributed by atoms with Crippen LogP contribution in [-0.2, 0) is 6.54 Å². The summed E-state index contributed by atoms with van der Waals surface area (Å²) in [7, 11) is 0. The fourth-order valence-electron chi connectivity index (χ4n) is 3.05. The van der Waals surface area contributed by atoms with Crippen molar-refractivity contribution >= 4 is 0 Å². The van der Waals surface area contributed by atoms with E-state index in [4.69, 9.17) is 4.98 Å². The number of imidazole rings is 1. The molecule has 1 N–H and O–H groups in total. The van der Waals surface area contributed by atoms with Crippen LogP contribution < -0.4 is 5.32 Å². The first-order chi connectivity index (χ1) is 7.84. The van der Waals surface area contributed by atoms with E-state index >= 15 is 0 Å². The average Bonchev–Trinajstić information content (AvgIpc) is 2.90. The zero-order chi connectivity index (χ0) is 11.0. The first kappa shape index (κ1) is 10.3. The Kier molecular flexibility index (Phi) is 2.72. The Morgan fingerprint density at radius 2 is 2.12 bits per heavy atom. The highest BCUT2D eigenvalue weighted by atomic mass is 15.1. The van der Waals surface area contributed by atoms with Gasteiger partial charge in [-0.1, -0.05) is 12.8 Å². The third kappa shape index (κ3) is 1.77. The fourth-order valence-corrected chi connectivity index (χ4v) is 3.05. The number of aromatic nitrogens is 2. The van der Waals surface area contributed by atoms with Crippen LogP contribution in [0.3, 0.4) is 0 Å². The highest BCUT2D eigenvalue weighted by Gasteiger charge is 2.23. The third-order valence-electron chi connectivity index (χ3n) is 4.01. The Bertz CT molecular complexity index is 363. The van der Waals surface area contributed by atoms with Crippen molar-refractivity contribution in [1.29, 1.82) is 0 Å². The van der Waals surface area contributed by atoms with Gasteiger partial charge in [0.2, 0.25) is 0 Å². The summed E-state index contributed by atoms with van der Waals surface area (Å²) < 4.78 is 2.37. The minimum Gasteiger partial charge on any atom is -0.333 e. The van der Waals surface area contributed by atoms with Crippen molar-refractivity contribution in [2.75, 3.05) is 6.54 Å². The van der Waals surface area contributed by atoms with Crippen molar-refractivity contribution in [3.63, 3.8) is 0 Å². The van der Waals surface area contributed by atoms with Crippen LogP contribution in [0.1, 0.15) is 62.5 Å². The molecule has 1 saturated carbocycles. The zero-order valence-electron chi connectivity index (χ0n) is 10.1. The van der Waals surface area contributed by atoms with E-state index in [1.165, 1.54) is 43.6 Å². The quantitative estimate of drug-likeness (QED) is 0.787. The smallest absolute Gasteiger partial charge is 0.125 e. The van der Waals surface area contributed by atoms with Gasteiger partial charge in [0.05, 0.1) is 11.7 Å². The molecule has 3 nitrogen and oxygen atoms in total. The molecule has 0 bridgehead atoms. The second-order valence-corrected chi connectivity index (χ2v) is 5.23. The molecule has 1 aliphatic heterocycles. The lowest BCUT2D eigenvalue weighted by Crippen LogP contribution is -2.18. The molecule has 1 atom stereocenters. The maximum absolute atomic E-state index is 4.87. The highest BCUT2D eigenvalue weighted by molar-refractivity contribution is 5.13. The molecule has 3 rings (SSSR count). The minimum absolute atomic E-state index is 0.414. The largest absolute Gasteiger partial charge is 0.333 e. The maximum Gasteiger partial charge on any atom is 0.125 e. The molecule has 0 unspecified atom stereocenters. The van der Waals surface area contributed by atoms with E-state index in [9.17, 15) is 0 Å². The molecule has 0 amide bonds. The van der Waals surface area contributed by atoms with Gasteiger partial charge < -0.3 is 9.88 Å². The molecule has 0 spiro atoms. The maximum atomic E-state index is 4.87. The van der Waals surface area contributed by atoms with Crippen LogP contribution in [0, 0.1) is 0 Å². The van der Waals surface area contributed by atoms with E-state index in [1.807, 2.05) is 0 Å². The van der Waals surface area contributed by atoms with E-state index in [1.54, 1.807) is 0 Å². The predicted octanol–water partition coefficient (Wildman–Crippen LogP) is 2.60. The molecular weight excluding hydrogens is 198 g/mol. The van der Waals surface area contributed by atoms with Gasteiger partial charge in [0.25, 0.3) is 0 Å². The van der Waals surface area contributed by atoms with E-state index in [2.05, 4.69) is 23.0 Å². The second kappa shape index (κ2) is 4.21. The first-order valence-corrected chi connectivity index (χ1v) is 6.65. The summed E-state index contributed by atoms with van der Waals surface area (Å²) in [6.07, 6.45) is 9.00. The van der Waals surface area contributed by atoms with Crippen LogP contribution in [0.5, 0.6) is 0 Å². The monoisotopic (exact) mass is 219 g/mol. The summed E-state index contributed by atoms with van der Waals surface area (Å²) in [6.45, 7) is 4.47. The summed E-state index contributed by atoms with van der Waals surface area (Å²) >= 11 is 0. The second-order valence-electron chi connectivity index (χ2n) is 5.23. The van der Waals surface area contributed by atoms with Crippen LogP contribution in [0.4, 0.5) is 0 Å². The fraction of sp³-hybridized carbons (Fsp3) is 0.769. The van der Waals surface area contributed by atoms with Gasteiger partial charge >= 0.3 is 0 Å². The Hall–Kier alpha value is -0.830. The lowest BCUT2D eigenvalue weighted by molar-refractivity contribution is 0.567. The lowest BCUT2D eigenvalue weighted by Gasteiger charge is -2.09. The molecule has 1 aromatic rings. The van der Waals surface area contributed by atoms with Gasteiger partial charge in [-0.3, -0.25) is 0 Å². The summed E-state index contributed by atoms with van der Waals surface area (Å²) in [5.41, 5.74) is 1.35. The topological polar surface area (TPSA) is 29.9 Å². The lowest BCUT2D eigenvalue weighted by atomic mass is 10.1. The minimum atomic E-state index is 0.414. The van der Waals surface area contributed by atoms with Crippen molar-refractivity contribution < 1.29 is 0 Å². The molecule has 88 valence electrons. The summed E-state index contributed by atoms with van der Waals surface area (Å²) in [6, 6.07) is 0.414. The van der Waals surface area contributed by atoms with Gasteiger partial charge in [-0.25, -0.2) is 4.98 Å². The van der Waals surface area contributed by atoms with Crippen molar-refractivity contribution in [2.24, 2.45) is 0 Å². The van der Waals surface area contributed by atoms with Gasteiger partial charge in [-0.05, 0) is 32.7 Å². The summed E-state index contributed by atoms with van der Waals surface area (Å²) in [4.78, 5) is 4.87. The van der Waals surface area contributed by atoms with E-state index in [0.717, 1.165) is 19.0 Å². The van der Waals surface area contributed by atoms with E-state index in [-0.39, 0.29) is 0 Å². The molecule has 1 fully saturated rings. The van der Waals surface area contributed by atoms with Crippen LogP contribution in [0.25, 0.3) is 0 Å². The Morgan fingerprint density at radius 3 is 2.94 bits per heavy atom. The van der Waals surface area contributed by atoms with Gasteiger partial charge in [0, 0.05) is 18.7 Å². The van der Waals surface area contributed by atoms with Crippen molar-refractivity contribution in [2.45, 2.75) is 57.5 Å². The molecule has 2 heterocycles. The highest BCUT2D eigenvalue weighted by Crippen LogP contribution is 2.34. The number of nitrogens with one attached hydrogen (secondary N) is 1. The number of hydrogen-bond donors (Lipinski definition) is 1. The van der Waals surface area contributed by atoms with Crippen molar-refractivity contribution in [3.05, 3.63) is 17.7 Å². The van der Waals surface area contributed by atoms with Crippen LogP contribution in [-0.4, -0.2) is 16.1 Å². The van der Waals surface area contributed by atoms with Gasteiger partial charge in [0.1, 0.15) is 5.82 Å². The summed E-state index contributed by atoms with van der Waals surface area (Å²) in [5.74, 6) is 1.99. The Morgan fingerprint density at radius 1 is 1.31 bits per heavy atom. The van der Waals surface area contributed by atoms with Crippen LogP contribution in [0.15, 0.2) is 6.20 Å². The normalized spacial score (nSPS) is 26.7. The van der Waals surface area contributed by atoms with Crippen LogP contribution >= 0.6 is 0 Å². The van der Waals surface area contributed by atoms with E-state index in [0.29, 0.717) is 6.04 Å². The average molecular weight is 219 g/mol. The number of fused-ring (bicyclic) bond motifs is 1. The third-order valence-corrected chi connectivity index (χ3v) is 4.01. The Labute approximate surface area is 97.3 Å². The Balaban J connectivity index is 1.89. The zero-order valence-corrected chi connectivity index (χ0v) is 10.1. The predicted molar refractivity (Wildman–Crippen MR) is 64.5 cm³/mol. The molecule has 0 radical (unpaired) electrons. The van der Waals surface area contributed by atoms with Crippen LogP contribution in [0.2, 0.25) is 0 Å². The van der Waals surface area contributed by atoms with Crippen molar-refractivity contribution in [1.82, 2.24) is 14.9 Å². The van der Waals surface area contributed by atoms with Gasteiger partial charge in [-0.15, -0.1) is 0 Å². The summed E-state index contributed by atoms with van der Waals surface area (Å²) in [5, 5.41) is 3.52. The molecule has 3 heteroatoms. The number of hydrogen-bond acceptors (Lipinski definition) is 2. The molecule has 1 aliphatic carbocycles. The first-order valence-electron chi connectivity index (χ1n) is 6.65. The number of nitrogens with zero attached hydrogens (tertiary/aromatic N) is 2. The van der Waals surface area contributed by atoms with E-state index < -0.39 is 0 Å². The molecule has 0 aromatic carbocycles. The van der Waals surface area contributed by atoms with Gasteiger partial charge in [-0.2, -0.15) is 0 Å². The number of aryl methyl sites for hydroxylation is 1. The molecule has 0 saturated heterocycles. The number of rotatable bonds is 1. The SMILES string of the molecule is C[C@@H]1NCCCn2cc(C3CCCC3)nc21. The standard InChI is InChI=1S/C13H21N3/c1-10-13-15-12(11-5-2-3-6-11)9-16(13)8-4-7-14-10/h9-11,14H,2-8H2,1H3/t10-/m0/s1. The van der Waals surface area contributed by atoms with Crippen molar-refractivity contribution in [3.8, 4) is 0 Å². The molecule has 1 aromatic heterocycles. The van der Waals surface area contributed by atoms with Gasteiger partial charge in [0.15, 0.2) is 0 Å². The molecule has 16 heavy (non-hydrogen) atoms.